The van der Waals surface area contributed by atoms with E-state index in [-0.39, 0.29) is 10.4 Å². The van der Waals surface area contributed by atoms with Gasteiger partial charge in [0.15, 0.2) is 0 Å². The van der Waals surface area contributed by atoms with Gasteiger partial charge in [0.2, 0.25) is 0 Å². The topological polar surface area (TPSA) is 0 Å². The number of fused-ring (bicyclic) bond motifs is 1. The van der Waals surface area contributed by atoms with Crippen LogP contribution in [0, 0.1) is 0 Å². The molecule has 0 radical (unpaired) electrons. The smallest absolute Gasteiger partial charge is 0.166 e. The second-order valence-corrected chi connectivity index (χ2v) is 4.08. The van der Waals surface area contributed by atoms with E-state index in [4.69, 9.17) is 11.6 Å². The third-order valence-electron chi connectivity index (χ3n) is 1.86. The molecule has 0 saturated heterocycles. The molecule has 0 aliphatic rings. The summed E-state index contributed by atoms with van der Waals surface area (Å²) in [5, 5.41) is 1.78. The molecule has 2 aromatic rings. The van der Waals surface area contributed by atoms with Gasteiger partial charge in [0.05, 0.1) is 10.6 Å². The maximum atomic E-state index is 12.5. The molecule has 0 atom stereocenters. The molecule has 1 aromatic carbocycles. The quantitative estimate of drug-likeness (QED) is 0.628. The highest BCUT2D eigenvalue weighted by molar-refractivity contribution is 7.17. The summed E-state index contributed by atoms with van der Waals surface area (Å²) in [5.41, 5.74) is -0.666. The molecule has 0 amide bonds. The van der Waals surface area contributed by atoms with Gasteiger partial charge in [0.1, 0.15) is 0 Å². The maximum Gasteiger partial charge on any atom is 0.417 e. The van der Waals surface area contributed by atoms with E-state index in [9.17, 15) is 13.2 Å². The second-order valence-electron chi connectivity index (χ2n) is 2.76. The summed E-state index contributed by atoms with van der Waals surface area (Å²) >= 11 is 6.91. The van der Waals surface area contributed by atoms with Gasteiger partial charge in [-0.1, -0.05) is 17.7 Å². The molecule has 2 rings (SSSR count). The van der Waals surface area contributed by atoms with Crippen molar-refractivity contribution >= 4 is 33.0 Å². The maximum absolute atomic E-state index is 12.5. The average molecular weight is 237 g/mol. The predicted octanol–water partition coefficient (Wildman–Crippen LogP) is 4.57. The first-order valence-corrected chi connectivity index (χ1v) is 4.99. The molecule has 1 heterocycles. The Kier molecular flexibility index (Phi) is 2.20. The van der Waals surface area contributed by atoms with Gasteiger partial charge in [-0.25, -0.2) is 0 Å². The van der Waals surface area contributed by atoms with Crippen molar-refractivity contribution in [2.24, 2.45) is 0 Å². The Morgan fingerprint density at radius 1 is 1.21 bits per heavy atom. The van der Waals surface area contributed by atoms with E-state index < -0.39 is 11.7 Å². The van der Waals surface area contributed by atoms with Gasteiger partial charge in [-0.2, -0.15) is 13.2 Å². The van der Waals surface area contributed by atoms with Crippen molar-refractivity contribution in [3.63, 3.8) is 0 Å². The molecule has 74 valence electrons. The lowest BCUT2D eigenvalue weighted by Gasteiger charge is -2.07. The molecule has 0 bridgehead atoms. The van der Waals surface area contributed by atoms with Crippen molar-refractivity contribution in [1.82, 2.24) is 0 Å². The number of hydrogen-bond donors (Lipinski definition) is 0. The molecular formula is C9H4ClF3S. The molecule has 0 nitrogen and oxygen atoms in total. The fraction of sp³-hybridized carbons (Fsp3) is 0.111. The van der Waals surface area contributed by atoms with Gasteiger partial charge in [0.25, 0.3) is 0 Å². The molecule has 0 spiro atoms. The van der Waals surface area contributed by atoms with Crippen molar-refractivity contribution in [2.75, 3.05) is 0 Å². The highest BCUT2D eigenvalue weighted by Gasteiger charge is 2.33. The zero-order chi connectivity index (χ0) is 10.3. The lowest BCUT2D eigenvalue weighted by Crippen LogP contribution is -2.04. The monoisotopic (exact) mass is 236 g/mol. The number of alkyl halides is 3. The zero-order valence-corrected chi connectivity index (χ0v) is 8.30. The minimum Gasteiger partial charge on any atom is -0.166 e. The average Bonchev–Trinajstić information content (AvgIpc) is 2.46. The Bertz CT molecular complexity index is 472. The summed E-state index contributed by atoms with van der Waals surface area (Å²) in [6, 6.07) is 4.06. The summed E-state index contributed by atoms with van der Waals surface area (Å²) in [7, 11) is 0. The SMILES string of the molecule is FC(F)(F)c1cccc2scc(Cl)c12. The van der Waals surface area contributed by atoms with Crippen LogP contribution in [0.5, 0.6) is 0 Å². The highest BCUT2D eigenvalue weighted by atomic mass is 35.5. The third kappa shape index (κ3) is 1.48. The molecule has 0 aliphatic heterocycles. The van der Waals surface area contributed by atoms with E-state index in [0.717, 1.165) is 6.07 Å². The van der Waals surface area contributed by atoms with Crippen LogP contribution in [0.25, 0.3) is 10.1 Å². The normalized spacial score (nSPS) is 12.3. The Hall–Kier alpha value is -0.740. The van der Waals surface area contributed by atoms with Crippen molar-refractivity contribution in [3.05, 3.63) is 34.2 Å². The first kappa shape index (κ1) is 9.80. The Morgan fingerprint density at radius 2 is 1.93 bits per heavy atom. The van der Waals surface area contributed by atoms with Gasteiger partial charge < -0.3 is 0 Å². The summed E-state index contributed by atoms with van der Waals surface area (Å²) in [5.74, 6) is 0. The largest absolute Gasteiger partial charge is 0.417 e. The summed E-state index contributed by atoms with van der Waals surface area (Å²) in [6.07, 6.45) is -4.34. The Morgan fingerprint density at radius 3 is 2.57 bits per heavy atom. The minimum absolute atomic E-state index is 0.103. The van der Waals surface area contributed by atoms with E-state index in [0.29, 0.717) is 4.70 Å². The van der Waals surface area contributed by atoms with Crippen molar-refractivity contribution in [3.8, 4) is 0 Å². The van der Waals surface area contributed by atoms with Crippen LogP contribution < -0.4 is 0 Å². The van der Waals surface area contributed by atoms with Crippen LogP contribution in [0.2, 0.25) is 5.02 Å². The number of halogens is 4. The third-order valence-corrected chi connectivity index (χ3v) is 3.23. The van der Waals surface area contributed by atoms with Crippen LogP contribution in [0.1, 0.15) is 5.56 Å². The molecular weight excluding hydrogens is 233 g/mol. The van der Waals surface area contributed by atoms with Gasteiger partial charge in [0, 0.05) is 15.5 Å². The number of hydrogen-bond acceptors (Lipinski definition) is 1. The first-order chi connectivity index (χ1) is 6.50. The molecule has 0 N–H and O–H groups in total. The van der Waals surface area contributed by atoms with Crippen molar-refractivity contribution in [1.29, 1.82) is 0 Å². The van der Waals surface area contributed by atoms with E-state index in [1.165, 1.54) is 22.8 Å². The van der Waals surface area contributed by atoms with Gasteiger partial charge in [-0.15, -0.1) is 11.3 Å². The van der Waals surface area contributed by atoms with Crippen molar-refractivity contribution in [2.45, 2.75) is 6.18 Å². The minimum atomic E-state index is -4.34. The van der Waals surface area contributed by atoms with Crippen LogP contribution in [0.15, 0.2) is 23.6 Å². The van der Waals surface area contributed by atoms with Crippen molar-refractivity contribution < 1.29 is 13.2 Å². The predicted molar refractivity (Wildman–Crippen MR) is 51.8 cm³/mol. The molecule has 0 fully saturated rings. The summed E-state index contributed by atoms with van der Waals surface area (Å²) in [6.45, 7) is 0. The lowest BCUT2D eigenvalue weighted by molar-refractivity contribution is -0.136. The Labute approximate surface area is 86.9 Å². The standard InChI is InChI=1S/C9H4ClF3S/c10-6-4-14-7-3-1-2-5(8(6)7)9(11,12)13/h1-4H. The van der Waals surface area contributed by atoms with Gasteiger partial charge in [-0.05, 0) is 12.1 Å². The van der Waals surface area contributed by atoms with Crippen LogP contribution in [0.4, 0.5) is 13.2 Å². The molecule has 14 heavy (non-hydrogen) atoms. The fourth-order valence-corrected chi connectivity index (χ4v) is 2.52. The Balaban J connectivity index is 2.82. The molecule has 0 saturated carbocycles. The molecule has 0 unspecified atom stereocenters. The van der Waals surface area contributed by atoms with Crippen LogP contribution in [-0.4, -0.2) is 0 Å². The summed E-state index contributed by atoms with van der Waals surface area (Å²) in [4.78, 5) is 0. The van der Waals surface area contributed by atoms with Gasteiger partial charge in [-0.3, -0.25) is 0 Å². The van der Waals surface area contributed by atoms with Crippen LogP contribution in [0.3, 0.4) is 0 Å². The van der Waals surface area contributed by atoms with E-state index in [1.807, 2.05) is 0 Å². The second kappa shape index (κ2) is 3.14. The van der Waals surface area contributed by atoms with E-state index >= 15 is 0 Å². The fourth-order valence-electron chi connectivity index (χ4n) is 1.29. The molecule has 1 aromatic heterocycles. The zero-order valence-electron chi connectivity index (χ0n) is 6.73. The van der Waals surface area contributed by atoms with E-state index in [1.54, 1.807) is 6.07 Å². The number of thiophene rings is 1. The lowest BCUT2D eigenvalue weighted by atomic mass is 10.1. The summed E-state index contributed by atoms with van der Waals surface area (Å²) < 4.78 is 38.1. The van der Waals surface area contributed by atoms with Crippen LogP contribution >= 0.6 is 22.9 Å². The first-order valence-electron chi connectivity index (χ1n) is 3.73. The number of benzene rings is 1. The van der Waals surface area contributed by atoms with Crippen LogP contribution in [-0.2, 0) is 6.18 Å². The molecule has 5 heteroatoms. The van der Waals surface area contributed by atoms with Gasteiger partial charge >= 0.3 is 6.18 Å². The van der Waals surface area contributed by atoms with E-state index in [2.05, 4.69) is 0 Å². The molecule has 0 aliphatic carbocycles. The highest BCUT2D eigenvalue weighted by Crippen LogP contribution is 2.40. The number of rotatable bonds is 0.